The first-order valence-electron chi connectivity index (χ1n) is 5.36. The average molecular weight is 208 g/mol. The van der Waals surface area contributed by atoms with Crippen molar-refractivity contribution in [1.29, 1.82) is 0 Å². The Morgan fingerprint density at radius 3 is 2.80 bits per heavy atom. The van der Waals surface area contributed by atoms with Crippen molar-refractivity contribution in [2.45, 2.75) is 25.9 Å². The van der Waals surface area contributed by atoms with Gasteiger partial charge < -0.3 is 15.8 Å². The highest BCUT2D eigenvalue weighted by Gasteiger charge is 2.02. The molecule has 3 N–H and O–H groups in total. The minimum absolute atomic E-state index is 0.236. The molecule has 0 saturated heterocycles. The Balaban J connectivity index is 2.43. The van der Waals surface area contributed by atoms with Gasteiger partial charge in [0.25, 0.3) is 0 Å². The van der Waals surface area contributed by atoms with Crippen molar-refractivity contribution >= 4 is 0 Å². The maximum Gasteiger partial charge on any atom is 0.123 e. The molecule has 1 unspecified atom stereocenters. The van der Waals surface area contributed by atoms with Crippen molar-refractivity contribution < 1.29 is 4.74 Å². The highest BCUT2D eigenvalue weighted by Crippen LogP contribution is 2.16. The van der Waals surface area contributed by atoms with E-state index in [4.69, 9.17) is 10.5 Å². The van der Waals surface area contributed by atoms with Gasteiger partial charge >= 0.3 is 0 Å². The first-order chi connectivity index (χ1) is 7.27. The molecular weight excluding hydrogens is 188 g/mol. The molecule has 0 bridgehead atoms. The molecule has 0 aromatic heterocycles. The molecule has 0 aliphatic rings. The van der Waals surface area contributed by atoms with Crippen LogP contribution in [-0.2, 0) is 6.54 Å². The number of ether oxygens (including phenoxy) is 1. The Kier molecular flexibility index (Phi) is 5.15. The lowest BCUT2D eigenvalue weighted by Gasteiger charge is -2.12. The second-order valence-electron chi connectivity index (χ2n) is 3.61. The molecule has 3 nitrogen and oxygen atoms in total. The molecule has 0 saturated carbocycles. The second kappa shape index (κ2) is 6.43. The predicted molar refractivity (Wildman–Crippen MR) is 63.0 cm³/mol. The van der Waals surface area contributed by atoms with Gasteiger partial charge in [0.05, 0.1) is 7.11 Å². The molecule has 1 atom stereocenters. The average Bonchev–Trinajstić information content (AvgIpc) is 2.29. The third-order valence-electron chi connectivity index (χ3n) is 2.44. The molecular formula is C12H20N2O. The van der Waals surface area contributed by atoms with Crippen LogP contribution in [0.15, 0.2) is 24.3 Å². The van der Waals surface area contributed by atoms with Crippen LogP contribution in [0.2, 0.25) is 0 Å². The van der Waals surface area contributed by atoms with E-state index in [-0.39, 0.29) is 6.04 Å². The summed E-state index contributed by atoms with van der Waals surface area (Å²) < 4.78 is 5.26. The molecule has 0 amide bonds. The minimum atomic E-state index is 0.236. The van der Waals surface area contributed by atoms with Crippen LogP contribution in [0.1, 0.15) is 18.9 Å². The van der Waals surface area contributed by atoms with E-state index in [0.29, 0.717) is 0 Å². The Hall–Kier alpha value is -1.06. The quantitative estimate of drug-likeness (QED) is 0.745. The summed E-state index contributed by atoms with van der Waals surface area (Å²) in [7, 11) is 1.69. The van der Waals surface area contributed by atoms with Crippen molar-refractivity contribution in [3.05, 3.63) is 29.8 Å². The second-order valence-corrected chi connectivity index (χ2v) is 3.61. The molecule has 0 heterocycles. The van der Waals surface area contributed by atoms with Crippen molar-refractivity contribution in [2.75, 3.05) is 13.7 Å². The van der Waals surface area contributed by atoms with Gasteiger partial charge in [0.2, 0.25) is 0 Å². The van der Waals surface area contributed by atoms with E-state index in [9.17, 15) is 0 Å². The molecule has 0 spiro atoms. The van der Waals surface area contributed by atoms with E-state index in [0.717, 1.165) is 25.3 Å². The van der Waals surface area contributed by atoms with Crippen molar-refractivity contribution in [3.63, 3.8) is 0 Å². The van der Waals surface area contributed by atoms with Crippen LogP contribution >= 0.6 is 0 Å². The number of nitrogens with one attached hydrogen (secondary N) is 1. The van der Waals surface area contributed by atoms with Crippen molar-refractivity contribution in [3.8, 4) is 5.75 Å². The van der Waals surface area contributed by atoms with Crippen LogP contribution in [0.4, 0.5) is 0 Å². The number of para-hydroxylation sites is 1. The smallest absolute Gasteiger partial charge is 0.123 e. The van der Waals surface area contributed by atoms with E-state index in [1.807, 2.05) is 18.2 Å². The molecule has 3 heteroatoms. The van der Waals surface area contributed by atoms with E-state index < -0.39 is 0 Å². The van der Waals surface area contributed by atoms with Gasteiger partial charge in [-0.3, -0.25) is 0 Å². The molecule has 0 aliphatic carbocycles. The zero-order chi connectivity index (χ0) is 11.1. The molecule has 15 heavy (non-hydrogen) atoms. The fourth-order valence-corrected chi connectivity index (χ4v) is 1.39. The highest BCUT2D eigenvalue weighted by atomic mass is 16.5. The third-order valence-corrected chi connectivity index (χ3v) is 2.44. The number of rotatable bonds is 6. The summed E-state index contributed by atoms with van der Waals surface area (Å²) in [5, 5.41) is 3.32. The molecule has 1 rings (SSSR count). The van der Waals surface area contributed by atoms with Crippen LogP contribution in [0.5, 0.6) is 5.75 Å². The summed E-state index contributed by atoms with van der Waals surface area (Å²) in [5.41, 5.74) is 6.98. The Bertz CT molecular complexity index is 289. The van der Waals surface area contributed by atoms with E-state index in [1.165, 1.54) is 5.56 Å². The fourth-order valence-electron chi connectivity index (χ4n) is 1.39. The van der Waals surface area contributed by atoms with E-state index in [1.54, 1.807) is 7.11 Å². The van der Waals surface area contributed by atoms with Crippen LogP contribution < -0.4 is 15.8 Å². The van der Waals surface area contributed by atoms with Gasteiger partial charge in [-0.1, -0.05) is 25.1 Å². The van der Waals surface area contributed by atoms with Crippen LogP contribution in [0, 0.1) is 0 Å². The topological polar surface area (TPSA) is 47.3 Å². The van der Waals surface area contributed by atoms with Crippen LogP contribution in [-0.4, -0.2) is 19.7 Å². The fraction of sp³-hybridized carbons (Fsp3) is 0.500. The Morgan fingerprint density at radius 2 is 2.13 bits per heavy atom. The molecule has 1 aromatic carbocycles. The summed E-state index contributed by atoms with van der Waals surface area (Å²) in [5.74, 6) is 0.926. The zero-order valence-corrected chi connectivity index (χ0v) is 9.49. The van der Waals surface area contributed by atoms with Crippen LogP contribution in [0.3, 0.4) is 0 Å². The van der Waals surface area contributed by atoms with E-state index in [2.05, 4.69) is 18.3 Å². The Morgan fingerprint density at radius 1 is 1.40 bits per heavy atom. The summed E-state index contributed by atoms with van der Waals surface area (Å²) in [6.07, 6.45) is 0.999. The first-order valence-corrected chi connectivity index (χ1v) is 5.36. The SMILES string of the molecule is CCC(N)CNCc1ccccc1OC. The number of methoxy groups -OCH3 is 1. The first kappa shape index (κ1) is 12.0. The van der Waals surface area contributed by atoms with Gasteiger partial charge in [0.15, 0.2) is 0 Å². The minimum Gasteiger partial charge on any atom is -0.496 e. The highest BCUT2D eigenvalue weighted by molar-refractivity contribution is 5.32. The summed E-state index contributed by atoms with van der Waals surface area (Å²) in [6.45, 7) is 3.74. The van der Waals surface area contributed by atoms with Crippen molar-refractivity contribution in [1.82, 2.24) is 5.32 Å². The largest absolute Gasteiger partial charge is 0.496 e. The number of benzene rings is 1. The maximum atomic E-state index is 5.81. The molecule has 0 fully saturated rings. The summed E-state index contributed by atoms with van der Waals surface area (Å²) >= 11 is 0. The monoisotopic (exact) mass is 208 g/mol. The van der Waals surface area contributed by atoms with Gasteiger partial charge in [-0.05, 0) is 12.5 Å². The van der Waals surface area contributed by atoms with Gasteiger partial charge in [-0.15, -0.1) is 0 Å². The standard InChI is InChI=1S/C12H20N2O/c1-3-11(13)9-14-8-10-6-4-5-7-12(10)15-2/h4-7,11,14H,3,8-9,13H2,1-2H3. The summed E-state index contributed by atoms with van der Waals surface area (Å²) in [6, 6.07) is 8.25. The van der Waals surface area contributed by atoms with Crippen LogP contribution in [0.25, 0.3) is 0 Å². The lowest BCUT2D eigenvalue weighted by Crippen LogP contribution is -2.32. The molecule has 84 valence electrons. The lowest BCUT2D eigenvalue weighted by atomic mass is 10.2. The lowest BCUT2D eigenvalue weighted by molar-refractivity contribution is 0.407. The van der Waals surface area contributed by atoms with Gasteiger partial charge in [-0.2, -0.15) is 0 Å². The number of hydrogen-bond acceptors (Lipinski definition) is 3. The van der Waals surface area contributed by atoms with Gasteiger partial charge in [0, 0.05) is 24.7 Å². The Labute approximate surface area is 91.6 Å². The summed E-state index contributed by atoms with van der Waals surface area (Å²) in [4.78, 5) is 0. The number of nitrogens with two attached hydrogens (primary N) is 1. The zero-order valence-electron chi connectivity index (χ0n) is 9.49. The maximum absolute atomic E-state index is 5.81. The van der Waals surface area contributed by atoms with Crippen molar-refractivity contribution in [2.24, 2.45) is 5.73 Å². The molecule has 0 radical (unpaired) electrons. The van der Waals surface area contributed by atoms with Gasteiger partial charge in [0.1, 0.15) is 5.75 Å². The molecule has 0 aliphatic heterocycles. The predicted octanol–water partition coefficient (Wildman–Crippen LogP) is 1.52. The normalized spacial score (nSPS) is 12.5. The molecule has 1 aromatic rings. The van der Waals surface area contributed by atoms with E-state index >= 15 is 0 Å². The third kappa shape index (κ3) is 3.90. The van der Waals surface area contributed by atoms with Gasteiger partial charge in [-0.25, -0.2) is 0 Å². The number of hydrogen-bond donors (Lipinski definition) is 2.